The van der Waals surface area contributed by atoms with Crippen molar-refractivity contribution in [2.75, 3.05) is 31.5 Å². The van der Waals surface area contributed by atoms with E-state index in [0.717, 1.165) is 23.7 Å². The van der Waals surface area contributed by atoms with Crippen LogP contribution in [0.5, 0.6) is 0 Å². The van der Waals surface area contributed by atoms with E-state index in [2.05, 4.69) is 59.4 Å². The third-order valence-electron chi connectivity index (χ3n) is 4.58. The lowest BCUT2D eigenvalue weighted by molar-refractivity contribution is 0.198. The van der Waals surface area contributed by atoms with Gasteiger partial charge in [0.25, 0.3) is 0 Å². The smallest absolute Gasteiger partial charge is 0.0725 e. The van der Waals surface area contributed by atoms with Crippen LogP contribution in [0.15, 0.2) is 30.3 Å². The molecule has 0 bridgehead atoms. The van der Waals surface area contributed by atoms with Gasteiger partial charge in [-0.05, 0) is 57.5 Å². The summed E-state index contributed by atoms with van der Waals surface area (Å²) in [5.74, 6) is 0.792. The van der Waals surface area contributed by atoms with Gasteiger partial charge >= 0.3 is 0 Å². The van der Waals surface area contributed by atoms with E-state index in [1.54, 1.807) is 0 Å². The summed E-state index contributed by atoms with van der Waals surface area (Å²) < 4.78 is 0. The molecule has 0 radical (unpaired) electrons. The molecule has 0 saturated carbocycles. The van der Waals surface area contributed by atoms with Crippen LogP contribution >= 0.6 is 0 Å². The molecule has 1 saturated heterocycles. The molecule has 3 heteroatoms. The maximum Gasteiger partial charge on any atom is 0.0725 e. The number of pyridine rings is 1. The van der Waals surface area contributed by atoms with Crippen molar-refractivity contribution in [2.45, 2.75) is 26.7 Å². The minimum atomic E-state index is 0.792. The van der Waals surface area contributed by atoms with Gasteiger partial charge in [-0.25, -0.2) is 0 Å². The van der Waals surface area contributed by atoms with Gasteiger partial charge in [-0.15, -0.1) is 0 Å². The van der Waals surface area contributed by atoms with Crippen molar-refractivity contribution in [3.05, 3.63) is 36.0 Å². The predicted molar refractivity (Wildman–Crippen MR) is 89.8 cm³/mol. The number of rotatable bonds is 4. The summed E-state index contributed by atoms with van der Waals surface area (Å²) in [6, 6.07) is 10.6. The highest BCUT2D eigenvalue weighted by atomic mass is 15.1. The van der Waals surface area contributed by atoms with Gasteiger partial charge in [0, 0.05) is 23.3 Å². The Bertz CT molecular complexity index is 600. The van der Waals surface area contributed by atoms with Crippen molar-refractivity contribution in [2.24, 2.45) is 5.92 Å². The molecular weight excluding hydrogens is 258 g/mol. The Labute approximate surface area is 127 Å². The van der Waals surface area contributed by atoms with E-state index >= 15 is 0 Å². The van der Waals surface area contributed by atoms with E-state index < -0.39 is 0 Å². The van der Waals surface area contributed by atoms with Gasteiger partial charge in [-0.1, -0.05) is 25.1 Å². The number of piperidine rings is 1. The molecule has 1 aromatic carbocycles. The summed E-state index contributed by atoms with van der Waals surface area (Å²) in [5, 5.41) is 4.90. The summed E-state index contributed by atoms with van der Waals surface area (Å²) in [4.78, 5) is 7.15. The molecular formula is C18H25N3. The Morgan fingerprint density at radius 2 is 2.00 bits per heavy atom. The number of nitrogens with zero attached hydrogens (tertiary/aromatic N) is 2. The van der Waals surface area contributed by atoms with Gasteiger partial charge in [-0.2, -0.15) is 0 Å². The summed E-state index contributed by atoms with van der Waals surface area (Å²) in [7, 11) is 0. The fourth-order valence-electron chi connectivity index (χ4n) is 3.22. The molecule has 0 spiro atoms. The standard InChI is InChI=1S/C18H25N3/c1-3-21-10-8-15(9-11-21)13-19-18-12-14(2)20-17-7-5-4-6-16(17)18/h4-7,12,15H,3,8-11,13H2,1-2H3,(H,19,20). The maximum atomic E-state index is 4.61. The third kappa shape index (κ3) is 3.35. The lowest BCUT2D eigenvalue weighted by Gasteiger charge is -2.31. The van der Waals surface area contributed by atoms with Gasteiger partial charge in [0.05, 0.1) is 5.52 Å². The predicted octanol–water partition coefficient (Wildman–Crippen LogP) is 3.69. The Kier molecular flexibility index (Phi) is 4.39. The van der Waals surface area contributed by atoms with E-state index in [1.807, 2.05) is 0 Å². The van der Waals surface area contributed by atoms with Crippen LogP contribution in [0.3, 0.4) is 0 Å². The normalized spacial score (nSPS) is 17.2. The topological polar surface area (TPSA) is 28.2 Å². The third-order valence-corrected chi connectivity index (χ3v) is 4.58. The van der Waals surface area contributed by atoms with E-state index in [1.165, 1.54) is 43.5 Å². The zero-order valence-electron chi connectivity index (χ0n) is 13.1. The monoisotopic (exact) mass is 283 g/mol. The number of aryl methyl sites for hydroxylation is 1. The molecule has 1 fully saturated rings. The Morgan fingerprint density at radius 1 is 1.24 bits per heavy atom. The molecule has 1 aliphatic rings. The molecule has 21 heavy (non-hydrogen) atoms. The average molecular weight is 283 g/mol. The van der Waals surface area contributed by atoms with E-state index in [-0.39, 0.29) is 0 Å². The second-order valence-corrected chi connectivity index (χ2v) is 6.09. The van der Waals surface area contributed by atoms with Crippen molar-refractivity contribution < 1.29 is 0 Å². The fraction of sp³-hybridized carbons (Fsp3) is 0.500. The SMILES string of the molecule is CCN1CCC(CNc2cc(C)nc3ccccc23)CC1. The van der Waals surface area contributed by atoms with E-state index in [0.29, 0.717) is 0 Å². The number of fused-ring (bicyclic) bond motifs is 1. The van der Waals surface area contributed by atoms with Crippen molar-refractivity contribution in [1.82, 2.24) is 9.88 Å². The fourth-order valence-corrected chi connectivity index (χ4v) is 3.22. The van der Waals surface area contributed by atoms with Crippen molar-refractivity contribution in [3.8, 4) is 0 Å². The highest BCUT2D eigenvalue weighted by Gasteiger charge is 2.18. The number of anilines is 1. The molecule has 0 unspecified atom stereocenters. The van der Waals surface area contributed by atoms with Crippen LogP contribution in [-0.2, 0) is 0 Å². The van der Waals surface area contributed by atoms with Crippen LogP contribution < -0.4 is 5.32 Å². The summed E-state index contributed by atoms with van der Waals surface area (Å²) in [5.41, 5.74) is 3.40. The molecule has 0 aliphatic carbocycles. The lowest BCUT2D eigenvalue weighted by Crippen LogP contribution is -2.35. The molecule has 3 rings (SSSR count). The molecule has 0 amide bonds. The zero-order valence-corrected chi connectivity index (χ0v) is 13.1. The molecule has 112 valence electrons. The first-order valence-corrected chi connectivity index (χ1v) is 8.09. The number of para-hydroxylation sites is 1. The molecule has 1 aromatic heterocycles. The summed E-state index contributed by atoms with van der Waals surface area (Å²) >= 11 is 0. The maximum absolute atomic E-state index is 4.61. The van der Waals surface area contributed by atoms with Gasteiger partial charge < -0.3 is 10.2 Å². The average Bonchev–Trinajstić information content (AvgIpc) is 2.53. The van der Waals surface area contributed by atoms with E-state index in [4.69, 9.17) is 0 Å². The van der Waals surface area contributed by atoms with Gasteiger partial charge in [0.15, 0.2) is 0 Å². The molecule has 0 atom stereocenters. The first kappa shape index (κ1) is 14.3. The number of hydrogen-bond donors (Lipinski definition) is 1. The van der Waals surface area contributed by atoms with Crippen molar-refractivity contribution in [3.63, 3.8) is 0 Å². The first-order chi connectivity index (χ1) is 10.3. The van der Waals surface area contributed by atoms with Crippen LogP contribution in [0.4, 0.5) is 5.69 Å². The van der Waals surface area contributed by atoms with E-state index in [9.17, 15) is 0 Å². The van der Waals surface area contributed by atoms with Gasteiger partial charge in [-0.3, -0.25) is 4.98 Å². The van der Waals surface area contributed by atoms with Gasteiger partial charge in [0.1, 0.15) is 0 Å². The molecule has 3 nitrogen and oxygen atoms in total. The minimum absolute atomic E-state index is 0.792. The van der Waals surface area contributed by atoms with Crippen LogP contribution in [0, 0.1) is 12.8 Å². The minimum Gasteiger partial charge on any atom is -0.384 e. The van der Waals surface area contributed by atoms with Crippen LogP contribution in [0.1, 0.15) is 25.5 Å². The number of hydrogen-bond acceptors (Lipinski definition) is 3. The second-order valence-electron chi connectivity index (χ2n) is 6.09. The number of aromatic nitrogens is 1. The lowest BCUT2D eigenvalue weighted by atomic mass is 9.96. The molecule has 1 N–H and O–H groups in total. The largest absolute Gasteiger partial charge is 0.384 e. The highest BCUT2D eigenvalue weighted by molar-refractivity contribution is 5.91. The summed E-state index contributed by atoms with van der Waals surface area (Å²) in [6.45, 7) is 9.08. The number of likely N-dealkylation sites (tertiary alicyclic amines) is 1. The Balaban J connectivity index is 1.68. The Morgan fingerprint density at radius 3 is 2.76 bits per heavy atom. The van der Waals surface area contributed by atoms with Crippen molar-refractivity contribution >= 4 is 16.6 Å². The molecule has 2 heterocycles. The first-order valence-electron chi connectivity index (χ1n) is 8.09. The van der Waals surface area contributed by atoms with Crippen molar-refractivity contribution in [1.29, 1.82) is 0 Å². The van der Waals surface area contributed by atoms with Crippen LogP contribution in [-0.4, -0.2) is 36.1 Å². The van der Waals surface area contributed by atoms with Crippen LogP contribution in [0.2, 0.25) is 0 Å². The quantitative estimate of drug-likeness (QED) is 0.927. The van der Waals surface area contributed by atoms with Crippen LogP contribution in [0.25, 0.3) is 10.9 Å². The number of benzene rings is 1. The molecule has 1 aliphatic heterocycles. The van der Waals surface area contributed by atoms with Gasteiger partial charge in [0.2, 0.25) is 0 Å². The second kappa shape index (κ2) is 6.44. The number of nitrogens with one attached hydrogen (secondary N) is 1. The Hall–Kier alpha value is -1.61. The highest BCUT2D eigenvalue weighted by Crippen LogP contribution is 2.24. The zero-order chi connectivity index (χ0) is 14.7. The molecule has 2 aromatic rings. The summed E-state index contributed by atoms with van der Waals surface area (Å²) in [6.07, 6.45) is 2.62.